The molecule has 2 aromatic heterocycles. The molecule has 3 heterocycles. The van der Waals surface area contributed by atoms with E-state index in [1.807, 2.05) is 4.90 Å². The van der Waals surface area contributed by atoms with Crippen molar-refractivity contribution in [2.75, 3.05) is 31.1 Å². The summed E-state index contributed by atoms with van der Waals surface area (Å²) >= 11 is 6.35. The third-order valence-electron chi connectivity index (χ3n) is 5.49. The Morgan fingerprint density at radius 3 is 2.36 bits per heavy atom. The van der Waals surface area contributed by atoms with E-state index in [1.165, 1.54) is 29.0 Å². The van der Waals surface area contributed by atoms with Gasteiger partial charge >= 0.3 is 0 Å². The first kappa shape index (κ1) is 23.5. The molecule has 0 aliphatic carbocycles. The van der Waals surface area contributed by atoms with Crippen LogP contribution in [0.25, 0.3) is 22.5 Å². The number of rotatable bonds is 5. The first-order chi connectivity index (χ1) is 15.7. The van der Waals surface area contributed by atoms with E-state index in [2.05, 4.69) is 9.97 Å². The molecule has 33 heavy (non-hydrogen) atoms. The van der Waals surface area contributed by atoms with Gasteiger partial charge < -0.3 is 4.90 Å². The van der Waals surface area contributed by atoms with Crippen LogP contribution in [0, 0.1) is 11.6 Å². The normalized spacial score (nSPS) is 15.3. The van der Waals surface area contributed by atoms with E-state index in [4.69, 9.17) is 16.6 Å². The van der Waals surface area contributed by atoms with E-state index in [0.29, 0.717) is 48.3 Å². The fourth-order valence-electron chi connectivity index (χ4n) is 3.64. The predicted molar refractivity (Wildman–Crippen MR) is 123 cm³/mol. The minimum Gasteiger partial charge on any atom is -0.353 e. The van der Waals surface area contributed by atoms with E-state index in [1.54, 1.807) is 19.9 Å². The van der Waals surface area contributed by atoms with Gasteiger partial charge in [-0.2, -0.15) is 4.31 Å². The Hall–Kier alpha value is -2.69. The lowest BCUT2D eigenvalue weighted by atomic mass is 10.0. The smallest absolute Gasteiger partial charge is 0.216 e. The molecule has 3 aromatic rings. The van der Waals surface area contributed by atoms with Crippen LogP contribution in [-0.4, -0.2) is 59.1 Å². The van der Waals surface area contributed by atoms with Crippen LogP contribution >= 0.6 is 11.6 Å². The summed E-state index contributed by atoms with van der Waals surface area (Å²) in [5, 5.41) is -0.185. The van der Waals surface area contributed by atoms with Gasteiger partial charge in [0, 0.05) is 55.8 Å². The van der Waals surface area contributed by atoms with Gasteiger partial charge in [0.05, 0.1) is 22.2 Å². The van der Waals surface area contributed by atoms with Crippen LogP contribution in [0.4, 0.5) is 14.6 Å². The van der Waals surface area contributed by atoms with E-state index >= 15 is 0 Å². The summed E-state index contributed by atoms with van der Waals surface area (Å²) in [4.78, 5) is 15.1. The number of hydrogen-bond donors (Lipinski definition) is 0. The molecule has 0 amide bonds. The molecule has 4 rings (SSSR count). The Morgan fingerprint density at radius 1 is 1.00 bits per heavy atom. The molecule has 11 heteroatoms. The molecular formula is C22H22ClF2N5O2S. The van der Waals surface area contributed by atoms with Crippen LogP contribution in [0.1, 0.15) is 13.8 Å². The van der Waals surface area contributed by atoms with Gasteiger partial charge in [-0.05, 0) is 32.0 Å². The van der Waals surface area contributed by atoms with Gasteiger partial charge in [-0.1, -0.05) is 11.6 Å². The van der Waals surface area contributed by atoms with E-state index in [9.17, 15) is 17.2 Å². The summed E-state index contributed by atoms with van der Waals surface area (Å²) in [7, 11) is -3.34. The van der Waals surface area contributed by atoms with E-state index in [0.717, 1.165) is 12.1 Å². The van der Waals surface area contributed by atoms with Crippen molar-refractivity contribution in [3.05, 3.63) is 59.5 Å². The summed E-state index contributed by atoms with van der Waals surface area (Å²) in [6, 6.07) is 4.90. The topological polar surface area (TPSA) is 79.3 Å². The number of pyridine rings is 1. The second kappa shape index (κ2) is 9.28. The van der Waals surface area contributed by atoms with Gasteiger partial charge in [0.2, 0.25) is 10.0 Å². The van der Waals surface area contributed by atoms with Gasteiger partial charge in [-0.15, -0.1) is 0 Å². The van der Waals surface area contributed by atoms with Crippen molar-refractivity contribution >= 4 is 27.4 Å². The molecule has 1 saturated heterocycles. The molecule has 1 aromatic carbocycles. The van der Waals surface area contributed by atoms with Crippen molar-refractivity contribution in [2.45, 2.75) is 19.1 Å². The highest BCUT2D eigenvalue weighted by Crippen LogP contribution is 2.35. The molecule has 174 valence electrons. The standard InChI is InChI=1S/C22H22ClF2N5O2S/c1-14(2)33(31,32)30-9-7-29(8-10-30)20-13-27-21(17-4-3-15(24)11-19(17)25)22(28-20)16-5-6-26-12-18(16)23/h3-6,11-14H,7-10H2,1-2H3. The third-order valence-corrected chi connectivity index (χ3v) is 8.07. The summed E-state index contributed by atoms with van der Waals surface area (Å²) in [6.45, 7) is 4.81. The predicted octanol–water partition coefficient (Wildman–Crippen LogP) is 4.00. The molecule has 0 radical (unpaired) electrons. The van der Waals surface area contributed by atoms with Crippen LogP contribution in [0.15, 0.2) is 42.9 Å². The van der Waals surface area contributed by atoms with Gasteiger partial charge in [0.25, 0.3) is 0 Å². The average Bonchev–Trinajstić information content (AvgIpc) is 2.79. The lowest BCUT2D eigenvalue weighted by Gasteiger charge is -2.35. The molecule has 1 aliphatic rings. The van der Waals surface area contributed by atoms with E-state index < -0.39 is 26.9 Å². The number of anilines is 1. The Balaban J connectivity index is 1.72. The maximum Gasteiger partial charge on any atom is 0.216 e. The molecule has 0 unspecified atom stereocenters. The Bertz CT molecular complexity index is 1280. The van der Waals surface area contributed by atoms with Crippen LogP contribution < -0.4 is 4.90 Å². The Kier molecular flexibility index (Phi) is 6.60. The maximum atomic E-state index is 14.6. The van der Waals surface area contributed by atoms with Crippen LogP contribution in [0.3, 0.4) is 0 Å². The quantitative estimate of drug-likeness (QED) is 0.534. The van der Waals surface area contributed by atoms with Gasteiger partial charge in [-0.25, -0.2) is 27.2 Å². The maximum absolute atomic E-state index is 14.6. The van der Waals surface area contributed by atoms with E-state index in [-0.39, 0.29) is 11.3 Å². The van der Waals surface area contributed by atoms with Crippen molar-refractivity contribution < 1.29 is 17.2 Å². The molecule has 0 atom stereocenters. The minimum absolute atomic E-state index is 0.0891. The number of benzene rings is 1. The first-order valence-corrected chi connectivity index (χ1v) is 12.2. The zero-order valence-electron chi connectivity index (χ0n) is 18.0. The number of piperazine rings is 1. The van der Waals surface area contributed by atoms with Crippen LogP contribution in [-0.2, 0) is 10.0 Å². The molecule has 0 spiro atoms. The minimum atomic E-state index is -3.34. The highest BCUT2D eigenvalue weighted by atomic mass is 35.5. The van der Waals surface area contributed by atoms with Crippen molar-refractivity contribution in [1.29, 1.82) is 0 Å². The lowest BCUT2D eigenvalue weighted by Crippen LogP contribution is -2.50. The zero-order chi connectivity index (χ0) is 23.8. The summed E-state index contributed by atoms with van der Waals surface area (Å²) in [5.41, 5.74) is 1.12. The van der Waals surface area contributed by atoms with Crippen molar-refractivity contribution in [2.24, 2.45) is 0 Å². The molecule has 0 N–H and O–H groups in total. The highest BCUT2D eigenvalue weighted by molar-refractivity contribution is 7.89. The monoisotopic (exact) mass is 493 g/mol. The SMILES string of the molecule is CC(C)S(=O)(=O)N1CCN(c2cnc(-c3ccc(F)cc3F)c(-c3ccncc3Cl)n2)CC1. The van der Waals surface area contributed by atoms with Crippen molar-refractivity contribution in [1.82, 2.24) is 19.3 Å². The first-order valence-electron chi connectivity index (χ1n) is 10.3. The molecule has 0 bridgehead atoms. The van der Waals surface area contributed by atoms with Gasteiger partial charge in [0.1, 0.15) is 23.1 Å². The summed E-state index contributed by atoms with van der Waals surface area (Å²) < 4.78 is 54.4. The Morgan fingerprint density at radius 2 is 1.73 bits per heavy atom. The number of aromatic nitrogens is 3. The lowest BCUT2D eigenvalue weighted by molar-refractivity contribution is 0.380. The number of nitrogens with zero attached hydrogens (tertiary/aromatic N) is 5. The second-order valence-electron chi connectivity index (χ2n) is 7.88. The van der Waals surface area contributed by atoms with Crippen molar-refractivity contribution in [3.8, 4) is 22.5 Å². The highest BCUT2D eigenvalue weighted by Gasteiger charge is 2.30. The number of hydrogen-bond acceptors (Lipinski definition) is 6. The van der Waals surface area contributed by atoms with Gasteiger partial charge in [-0.3, -0.25) is 4.98 Å². The van der Waals surface area contributed by atoms with Crippen LogP contribution in [0.5, 0.6) is 0 Å². The molecule has 1 aliphatic heterocycles. The average molecular weight is 494 g/mol. The molecule has 0 saturated carbocycles. The van der Waals surface area contributed by atoms with Crippen LogP contribution in [0.2, 0.25) is 5.02 Å². The third kappa shape index (κ3) is 4.68. The zero-order valence-corrected chi connectivity index (χ0v) is 19.6. The second-order valence-corrected chi connectivity index (χ2v) is 10.8. The molecule has 7 nitrogen and oxygen atoms in total. The number of sulfonamides is 1. The van der Waals surface area contributed by atoms with Crippen molar-refractivity contribution in [3.63, 3.8) is 0 Å². The summed E-state index contributed by atoms with van der Waals surface area (Å²) in [5.74, 6) is -0.958. The molecular weight excluding hydrogens is 472 g/mol. The summed E-state index contributed by atoms with van der Waals surface area (Å²) in [6.07, 6.45) is 4.49. The number of halogens is 3. The fourth-order valence-corrected chi connectivity index (χ4v) is 5.11. The largest absolute Gasteiger partial charge is 0.353 e. The fraction of sp³-hybridized carbons (Fsp3) is 0.318. The molecule has 1 fully saturated rings. The Labute approximate surface area is 196 Å². The van der Waals surface area contributed by atoms with Gasteiger partial charge in [0.15, 0.2) is 0 Å².